The minimum absolute atomic E-state index is 0.00531. The average molecular weight is 427 g/mol. The van der Waals surface area contributed by atoms with Gasteiger partial charge in [-0.2, -0.15) is 0 Å². The number of likely N-dealkylation sites (N-methyl/N-ethyl adjacent to an activating group) is 1. The van der Waals surface area contributed by atoms with Crippen LogP contribution < -0.4 is 5.32 Å². The number of amides is 2. The van der Waals surface area contributed by atoms with Gasteiger partial charge in [0.1, 0.15) is 6.04 Å². The molecule has 2 aromatic rings. The monoisotopic (exact) mass is 426 g/mol. The van der Waals surface area contributed by atoms with Crippen molar-refractivity contribution in [3.63, 3.8) is 0 Å². The highest BCUT2D eigenvalue weighted by molar-refractivity contribution is 7.99. The lowest BCUT2D eigenvalue weighted by Gasteiger charge is -2.31. The van der Waals surface area contributed by atoms with E-state index in [4.69, 9.17) is 0 Å². The maximum Gasteiger partial charge on any atom is 0.242 e. The van der Waals surface area contributed by atoms with Crippen molar-refractivity contribution in [2.45, 2.75) is 59.4 Å². The van der Waals surface area contributed by atoms with E-state index in [1.807, 2.05) is 45.0 Å². The van der Waals surface area contributed by atoms with E-state index < -0.39 is 6.04 Å². The summed E-state index contributed by atoms with van der Waals surface area (Å²) in [7, 11) is 0. The normalized spacial score (nSPS) is 11.8. The van der Waals surface area contributed by atoms with Crippen LogP contribution in [0, 0.1) is 20.8 Å². The zero-order valence-corrected chi connectivity index (χ0v) is 19.6. The van der Waals surface area contributed by atoms with E-state index in [9.17, 15) is 9.59 Å². The van der Waals surface area contributed by atoms with Crippen molar-refractivity contribution in [1.82, 2.24) is 10.2 Å². The molecule has 0 saturated heterocycles. The number of hydrogen-bond donors (Lipinski definition) is 1. The number of aryl methyl sites for hydroxylation is 3. The molecule has 0 aliphatic carbocycles. The van der Waals surface area contributed by atoms with Crippen molar-refractivity contribution >= 4 is 23.6 Å². The van der Waals surface area contributed by atoms with Crippen LogP contribution in [0.2, 0.25) is 0 Å². The van der Waals surface area contributed by atoms with Crippen molar-refractivity contribution in [1.29, 1.82) is 0 Å². The van der Waals surface area contributed by atoms with Crippen LogP contribution in [0.5, 0.6) is 0 Å². The Morgan fingerprint density at radius 3 is 2.30 bits per heavy atom. The zero-order valence-electron chi connectivity index (χ0n) is 18.8. The van der Waals surface area contributed by atoms with E-state index in [-0.39, 0.29) is 11.8 Å². The number of benzene rings is 2. The molecule has 0 bridgehead atoms. The maximum atomic E-state index is 13.2. The van der Waals surface area contributed by atoms with Crippen LogP contribution in [0.1, 0.15) is 48.1 Å². The number of hydrogen-bond acceptors (Lipinski definition) is 3. The molecule has 0 saturated carbocycles. The number of nitrogens with zero attached hydrogens (tertiary/aromatic N) is 1. The summed E-state index contributed by atoms with van der Waals surface area (Å²) < 4.78 is 0. The first-order valence-corrected chi connectivity index (χ1v) is 11.8. The zero-order chi connectivity index (χ0) is 22.1. The fourth-order valence-corrected chi connectivity index (χ4v) is 4.52. The second-order valence-electron chi connectivity index (χ2n) is 7.76. The van der Waals surface area contributed by atoms with Gasteiger partial charge >= 0.3 is 0 Å². The Bertz CT molecular complexity index is 846. The molecule has 0 fully saturated rings. The van der Waals surface area contributed by atoms with Gasteiger partial charge in [0, 0.05) is 18.8 Å². The molecule has 4 nitrogen and oxygen atoms in total. The van der Waals surface area contributed by atoms with Gasteiger partial charge < -0.3 is 10.2 Å². The molecule has 1 N–H and O–H groups in total. The van der Waals surface area contributed by atoms with E-state index in [2.05, 4.69) is 37.4 Å². The third-order valence-corrected chi connectivity index (χ3v) is 6.10. The van der Waals surface area contributed by atoms with Crippen molar-refractivity contribution in [3.8, 4) is 0 Å². The SMILES string of the molecule is CCNC(=O)[C@@H](CC)N(Cc1ccccc1C)C(=O)CSCc1cc(C)cc(C)c1. The third-order valence-electron chi connectivity index (χ3n) is 5.11. The first kappa shape index (κ1) is 24.0. The molecule has 2 amide bonds. The summed E-state index contributed by atoms with van der Waals surface area (Å²) in [6, 6.07) is 14.1. The Hall–Kier alpha value is -2.27. The van der Waals surface area contributed by atoms with Gasteiger partial charge in [-0.05, 0) is 50.8 Å². The Kier molecular flexibility index (Phi) is 9.44. The molecule has 30 heavy (non-hydrogen) atoms. The van der Waals surface area contributed by atoms with Crippen LogP contribution in [0.15, 0.2) is 42.5 Å². The summed E-state index contributed by atoms with van der Waals surface area (Å²) in [6.07, 6.45) is 0.588. The lowest BCUT2D eigenvalue weighted by Crippen LogP contribution is -2.49. The summed E-state index contributed by atoms with van der Waals surface area (Å²) in [4.78, 5) is 27.6. The number of nitrogens with one attached hydrogen (secondary N) is 1. The lowest BCUT2D eigenvalue weighted by atomic mass is 10.1. The molecule has 2 rings (SSSR count). The fourth-order valence-electron chi connectivity index (χ4n) is 3.67. The van der Waals surface area contributed by atoms with Gasteiger partial charge in [0.05, 0.1) is 5.75 Å². The summed E-state index contributed by atoms with van der Waals surface area (Å²) in [5.74, 6) is 1.06. The predicted molar refractivity (Wildman–Crippen MR) is 127 cm³/mol. The molecule has 0 radical (unpaired) electrons. The van der Waals surface area contributed by atoms with Gasteiger partial charge in [-0.25, -0.2) is 0 Å². The largest absolute Gasteiger partial charge is 0.355 e. The summed E-state index contributed by atoms with van der Waals surface area (Å²) in [6.45, 7) is 11.1. The molecule has 0 unspecified atom stereocenters. The minimum Gasteiger partial charge on any atom is -0.355 e. The first-order chi connectivity index (χ1) is 14.3. The van der Waals surface area contributed by atoms with Crippen LogP contribution >= 0.6 is 11.8 Å². The molecule has 0 heterocycles. The molecule has 1 atom stereocenters. The van der Waals surface area contributed by atoms with Gasteiger partial charge in [-0.3, -0.25) is 9.59 Å². The molecule has 0 aliphatic heterocycles. The summed E-state index contributed by atoms with van der Waals surface area (Å²) in [5.41, 5.74) is 5.91. The molecule has 5 heteroatoms. The van der Waals surface area contributed by atoms with E-state index >= 15 is 0 Å². The molecule has 162 valence electrons. The quantitative estimate of drug-likeness (QED) is 0.594. The van der Waals surface area contributed by atoms with Crippen molar-refractivity contribution in [3.05, 3.63) is 70.3 Å². The van der Waals surface area contributed by atoms with Gasteiger partial charge in [-0.1, -0.05) is 60.5 Å². The second-order valence-corrected chi connectivity index (χ2v) is 8.74. The van der Waals surface area contributed by atoms with E-state index in [1.165, 1.54) is 16.7 Å². The molecular formula is C25H34N2O2S. The topological polar surface area (TPSA) is 49.4 Å². The Balaban J connectivity index is 2.14. The molecule has 2 aromatic carbocycles. The van der Waals surface area contributed by atoms with Crippen molar-refractivity contribution in [2.75, 3.05) is 12.3 Å². The van der Waals surface area contributed by atoms with Gasteiger partial charge in [0.25, 0.3) is 0 Å². The smallest absolute Gasteiger partial charge is 0.242 e. The average Bonchev–Trinajstić information content (AvgIpc) is 2.68. The van der Waals surface area contributed by atoms with Gasteiger partial charge in [0.15, 0.2) is 0 Å². The summed E-state index contributed by atoms with van der Waals surface area (Å²) in [5, 5.41) is 2.89. The Morgan fingerprint density at radius 2 is 1.70 bits per heavy atom. The first-order valence-electron chi connectivity index (χ1n) is 10.6. The maximum absolute atomic E-state index is 13.2. The summed E-state index contributed by atoms with van der Waals surface area (Å²) >= 11 is 1.60. The van der Waals surface area contributed by atoms with Crippen LogP contribution in [0.3, 0.4) is 0 Å². The molecule has 0 aliphatic rings. The lowest BCUT2D eigenvalue weighted by molar-refractivity contribution is -0.139. The number of carbonyl (C=O) groups excluding carboxylic acids is 2. The van der Waals surface area contributed by atoms with Crippen LogP contribution in [-0.4, -0.2) is 35.1 Å². The molecular weight excluding hydrogens is 392 g/mol. The Morgan fingerprint density at radius 1 is 1.03 bits per heavy atom. The standard InChI is InChI=1S/C25H34N2O2S/c1-6-23(25(29)26-7-2)27(15-22-11-9-8-10-20(22)5)24(28)17-30-16-21-13-18(3)12-19(4)14-21/h8-14,23H,6-7,15-17H2,1-5H3,(H,26,29)/t23-/m1/s1. The molecule has 0 spiro atoms. The highest BCUT2D eigenvalue weighted by Gasteiger charge is 2.28. The predicted octanol–water partition coefficient (Wildman–Crippen LogP) is 4.79. The number of carbonyl (C=O) groups is 2. The fraction of sp³-hybridized carbons (Fsp3) is 0.440. The van der Waals surface area contributed by atoms with Gasteiger partial charge in [0.2, 0.25) is 11.8 Å². The third kappa shape index (κ3) is 6.91. The number of thioether (sulfide) groups is 1. The van der Waals surface area contributed by atoms with Crippen LogP contribution in [-0.2, 0) is 21.9 Å². The Labute approximate surface area is 185 Å². The van der Waals surface area contributed by atoms with E-state index in [1.54, 1.807) is 16.7 Å². The van der Waals surface area contributed by atoms with Gasteiger partial charge in [-0.15, -0.1) is 11.8 Å². The minimum atomic E-state index is -0.459. The van der Waals surface area contributed by atoms with Crippen LogP contribution in [0.4, 0.5) is 0 Å². The van der Waals surface area contributed by atoms with E-state index in [0.717, 1.165) is 16.9 Å². The highest BCUT2D eigenvalue weighted by Crippen LogP contribution is 2.20. The highest BCUT2D eigenvalue weighted by atomic mass is 32.2. The van der Waals surface area contributed by atoms with E-state index in [0.29, 0.717) is 25.3 Å². The van der Waals surface area contributed by atoms with Crippen molar-refractivity contribution < 1.29 is 9.59 Å². The van der Waals surface area contributed by atoms with Crippen LogP contribution in [0.25, 0.3) is 0 Å². The number of rotatable bonds is 10. The second kappa shape index (κ2) is 11.8. The molecule has 0 aromatic heterocycles. The van der Waals surface area contributed by atoms with Crippen molar-refractivity contribution in [2.24, 2.45) is 0 Å².